The number of nitriles is 1. The fourth-order valence-corrected chi connectivity index (χ4v) is 14.3. The summed E-state index contributed by atoms with van der Waals surface area (Å²) in [7, 11) is 0. The van der Waals surface area contributed by atoms with Gasteiger partial charge in [0.25, 0.3) is 0 Å². The van der Waals surface area contributed by atoms with Crippen LogP contribution in [0.2, 0.25) is 0 Å². The molecule has 19 rings (SSSR count). The van der Waals surface area contributed by atoms with E-state index >= 15 is 0 Å². The minimum Gasteiger partial charge on any atom is -0.309 e. The summed E-state index contributed by atoms with van der Waals surface area (Å²) in [5.74, 6) is 0. The number of fused-ring (bicyclic) bond motifs is 17. The van der Waals surface area contributed by atoms with Crippen molar-refractivity contribution in [3.05, 3.63) is 322 Å². The molecule has 0 amide bonds. The van der Waals surface area contributed by atoms with E-state index in [1.54, 1.807) is 0 Å². The van der Waals surface area contributed by atoms with Gasteiger partial charge in [-0.15, -0.1) is 0 Å². The molecule has 0 aliphatic heterocycles. The number of pyridine rings is 6. The molecule has 0 fully saturated rings. The number of rotatable bonds is 7. The van der Waals surface area contributed by atoms with E-state index in [4.69, 9.17) is 19.9 Å². The van der Waals surface area contributed by atoms with E-state index in [0.29, 0.717) is 5.56 Å². The molecule has 0 bridgehead atoms. The Morgan fingerprint density at radius 2 is 0.716 bits per heavy atom. The third kappa shape index (κ3) is 9.45. The summed E-state index contributed by atoms with van der Waals surface area (Å²) in [6, 6.07) is 100. The Bertz CT molecular complexity index is 6300. The second-order valence-corrected chi connectivity index (χ2v) is 24.1. The second kappa shape index (κ2) is 22.7. The van der Waals surface area contributed by atoms with Crippen LogP contribution >= 0.6 is 0 Å². The Morgan fingerprint density at radius 3 is 1.26 bits per heavy atom. The number of para-hydroxylation sites is 3. The van der Waals surface area contributed by atoms with Crippen LogP contribution in [0.4, 0.5) is 0 Å². The average molecular weight is 1210 g/mol. The van der Waals surface area contributed by atoms with Gasteiger partial charge in [0.2, 0.25) is 0 Å². The molecule has 0 saturated carbocycles. The Morgan fingerprint density at radius 1 is 0.274 bits per heavy atom. The van der Waals surface area contributed by atoms with E-state index in [9.17, 15) is 5.26 Å². The van der Waals surface area contributed by atoms with Crippen LogP contribution < -0.4 is 0 Å². The lowest BCUT2D eigenvalue weighted by molar-refractivity contribution is 1.18. The molecule has 440 valence electrons. The van der Waals surface area contributed by atoms with E-state index in [1.807, 2.05) is 67.5 Å². The summed E-state index contributed by atoms with van der Waals surface area (Å²) >= 11 is 0. The molecular formula is C87H52N8. The van der Waals surface area contributed by atoms with Crippen molar-refractivity contribution in [2.75, 3.05) is 0 Å². The molecule has 95 heavy (non-hydrogen) atoms. The number of hydrogen-bond donors (Lipinski definition) is 0. The maximum atomic E-state index is 9.75. The quantitative estimate of drug-likeness (QED) is 0.146. The zero-order valence-electron chi connectivity index (χ0n) is 51.1. The van der Waals surface area contributed by atoms with Crippen molar-refractivity contribution in [3.8, 4) is 78.8 Å². The predicted octanol–water partition coefficient (Wildman–Crippen LogP) is 21.9. The molecule has 0 radical (unpaired) electrons. The zero-order valence-corrected chi connectivity index (χ0v) is 51.1. The van der Waals surface area contributed by atoms with Crippen molar-refractivity contribution >= 4 is 109 Å². The molecule has 0 aliphatic carbocycles. The topological polar surface area (TPSA) is 106 Å². The third-order valence-electron chi connectivity index (χ3n) is 18.6. The van der Waals surface area contributed by atoms with Gasteiger partial charge in [-0.3, -0.25) is 19.9 Å². The predicted molar refractivity (Wildman–Crippen MR) is 391 cm³/mol. The standard InChI is InChI=1S/C45H26N4.C42H26N4/c46-27-28-15-21-40-37(24-28)38-26-32(19-22-41(38)49(40)34-11-2-1-3-12-34)31-8-6-9-33(25-31)44-36-20-18-29-16-17-30-10-7-23-47-45(30)42(29)43(36)35-13-4-5-14-39(35)48-44;1-2-9-38-36(8-1)40-37(13-12-29-10-11-30-7-4-18-45-42(30)39(29)40)41(46-38)32-6-3-5-31(23-32)35-25-33(27-14-19-43-20-15-27)24-34(26-35)28-16-21-44-22-17-28/h1-26H;1-26H. The van der Waals surface area contributed by atoms with Gasteiger partial charge in [0, 0.05) is 119 Å². The zero-order chi connectivity index (χ0) is 62.9. The van der Waals surface area contributed by atoms with Gasteiger partial charge in [-0.2, -0.15) is 5.26 Å². The SMILES string of the molecule is N#Cc1ccc2c(c1)c1cc(-c3cccc(-c4nc5ccccc5c5c4ccc4ccc6cccnc6c45)c3)ccc1n2-c1ccccc1.c1cc(-c2cc(-c3ccncc3)cc(-c3ccncc3)c2)cc(-c2nc3ccccc3c3c2ccc2ccc4cccnc4c23)c1. The molecule has 7 aromatic heterocycles. The highest BCUT2D eigenvalue weighted by molar-refractivity contribution is 6.29. The lowest BCUT2D eigenvalue weighted by atomic mass is 9.91. The maximum Gasteiger partial charge on any atom is 0.0991 e. The van der Waals surface area contributed by atoms with Crippen LogP contribution in [0, 0.1) is 11.3 Å². The molecule has 8 nitrogen and oxygen atoms in total. The van der Waals surface area contributed by atoms with Gasteiger partial charge in [0.05, 0.1) is 56.1 Å². The highest BCUT2D eigenvalue weighted by Crippen LogP contribution is 2.44. The van der Waals surface area contributed by atoms with Crippen LogP contribution in [0.15, 0.2) is 316 Å². The summed E-state index contributed by atoms with van der Waals surface area (Å²) in [4.78, 5) is 28.8. The van der Waals surface area contributed by atoms with E-state index < -0.39 is 0 Å². The van der Waals surface area contributed by atoms with Crippen LogP contribution in [0.1, 0.15) is 5.56 Å². The molecule has 0 saturated heterocycles. The monoisotopic (exact) mass is 1210 g/mol. The van der Waals surface area contributed by atoms with Gasteiger partial charge in [0.1, 0.15) is 0 Å². The highest BCUT2D eigenvalue weighted by atomic mass is 15.0. The summed E-state index contributed by atoms with van der Waals surface area (Å²) in [5, 5.41) is 25.7. The summed E-state index contributed by atoms with van der Waals surface area (Å²) in [6.45, 7) is 0. The lowest BCUT2D eigenvalue weighted by Crippen LogP contribution is -1.93. The molecule has 12 aromatic carbocycles. The maximum absolute atomic E-state index is 9.75. The van der Waals surface area contributed by atoms with E-state index in [1.165, 1.54) is 21.5 Å². The number of nitrogens with zero attached hydrogens (tertiary/aromatic N) is 8. The van der Waals surface area contributed by atoms with Gasteiger partial charge < -0.3 is 4.57 Å². The molecule has 0 atom stereocenters. The molecule has 19 aromatic rings. The van der Waals surface area contributed by atoms with Crippen molar-refractivity contribution < 1.29 is 0 Å². The van der Waals surface area contributed by atoms with Crippen molar-refractivity contribution in [1.29, 1.82) is 5.26 Å². The minimum absolute atomic E-state index is 0.650. The molecule has 0 N–H and O–H groups in total. The van der Waals surface area contributed by atoms with Gasteiger partial charge >= 0.3 is 0 Å². The fourth-order valence-electron chi connectivity index (χ4n) is 14.3. The van der Waals surface area contributed by atoms with Crippen LogP contribution in [-0.2, 0) is 0 Å². The minimum atomic E-state index is 0.650. The van der Waals surface area contributed by atoms with Gasteiger partial charge in [-0.1, -0.05) is 158 Å². The molecule has 7 heterocycles. The molecule has 0 spiro atoms. The lowest BCUT2D eigenvalue weighted by Gasteiger charge is -2.15. The van der Waals surface area contributed by atoms with E-state index in [-0.39, 0.29) is 0 Å². The number of aromatic nitrogens is 7. The average Bonchev–Trinajstić information content (AvgIpc) is 1.17. The smallest absolute Gasteiger partial charge is 0.0991 e. The van der Waals surface area contributed by atoms with Crippen molar-refractivity contribution in [2.45, 2.75) is 0 Å². The third-order valence-corrected chi connectivity index (χ3v) is 18.6. The first-order valence-electron chi connectivity index (χ1n) is 31.7. The largest absolute Gasteiger partial charge is 0.309 e. The van der Waals surface area contributed by atoms with Crippen LogP contribution in [0.5, 0.6) is 0 Å². The second-order valence-electron chi connectivity index (χ2n) is 24.1. The normalized spacial score (nSPS) is 11.6. The van der Waals surface area contributed by atoms with Gasteiger partial charge in [0.15, 0.2) is 0 Å². The fraction of sp³-hybridized carbons (Fsp3) is 0. The molecule has 8 heteroatoms. The Balaban J connectivity index is 0.000000139. The van der Waals surface area contributed by atoms with E-state index in [0.717, 1.165) is 160 Å². The number of benzene rings is 12. The van der Waals surface area contributed by atoms with Crippen LogP contribution in [0.25, 0.3) is 181 Å². The summed E-state index contributed by atoms with van der Waals surface area (Å²) < 4.78 is 2.28. The Hall–Kier alpha value is -13.1. The van der Waals surface area contributed by atoms with Crippen molar-refractivity contribution in [3.63, 3.8) is 0 Å². The van der Waals surface area contributed by atoms with Crippen molar-refractivity contribution in [2.24, 2.45) is 0 Å². The molecular weight excluding hydrogens is 1160 g/mol. The van der Waals surface area contributed by atoms with Gasteiger partial charge in [-0.25, -0.2) is 9.97 Å². The molecule has 0 aliphatic rings. The van der Waals surface area contributed by atoms with Crippen LogP contribution in [-0.4, -0.2) is 34.5 Å². The first-order valence-corrected chi connectivity index (χ1v) is 31.7. The number of hydrogen-bond acceptors (Lipinski definition) is 7. The van der Waals surface area contributed by atoms with Crippen molar-refractivity contribution in [1.82, 2.24) is 34.5 Å². The Kier molecular flexibility index (Phi) is 13.1. The first-order chi connectivity index (χ1) is 47.0. The molecule has 0 unspecified atom stereocenters. The highest BCUT2D eigenvalue weighted by Gasteiger charge is 2.20. The van der Waals surface area contributed by atoms with Gasteiger partial charge in [-0.05, 0) is 177 Å². The summed E-state index contributed by atoms with van der Waals surface area (Å²) in [6.07, 6.45) is 11.1. The van der Waals surface area contributed by atoms with E-state index in [2.05, 4.69) is 269 Å². The van der Waals surface area contributed by atoms with Crippen LogP contribution in [0.3, 0.4) is 0 Å². The summed E-state index contributed by atoms with van der Waals surface area (Å²) in [5.41, 5.74) is 20.9. The first kappa shape index (κ1) is 54.8. The Labute approximate surface area is 545 Å².